The molecule has 5 nitrogen and oxygen atoms in total. The van der Waals surface area contributed by atoms with Gasteiger partial charge in [-0.2, -0.15) is 11.8 Å². The lowest BCUT2D eigenvalue weighted by atomic mass is 10.3. The largest absolute Gasteiger partial charge is 0.490 e. The highest BCUT2D eigenvalue weighted by atomic mass is 32.2. The summed E-state index contributed by atoms with van der Waals surface area (Å²) < 4.78 is 5.55. The predicted molar refractivity (Wildman–Crippen MR) is 86.7 cm³/mol. The van der Waals surface area contributed by atoms with Crippen LogP contribution in [0, 0.1) is 0 Å². The molecule has 6 heteroatoms. The number of nitrogens with zero attached hydrogens (tertiary/aromatic N) is 2. The molecule has 0 amide bonds. The van der Waals surface area contributed by atoms with Gasteiger partial charge in [0.1, 0.15) is 12.4 Å². The zero-order valence-electron chi connectivity index (χ0n) is 12.3. The van der Waals surface area contributed by atoms with E-state index < -0.39 is 0 Å². The second kappa shape index (κ2) is 11.4. The maximum atomic E-state index is 5.55. The van der Waals surface area contributed by atoms with Crippen LogP contribution in [0.25, 0.3) is 0 Å². The summed E-state index contributed by atoms with van der Waals surface area (Å²) in [6.45, 7) is 2.24. The molecule has 0 fully saturated rings. The van der Waals surface area contributed by atoms with Gasteiger partial charge in [-0.25, -0.2) is 0 Å². The van der Waals surface area contributed by atoms with Gasteiger partial charge in [0.05, 0.1) is 12.7 Å². The Balaban J connectivity index is 2.06. The van der Waals surface area contributed by atoms with Crippen LogP contribution >= 0.6 is 11.8 Å². The van der Waals surface area contributed by atoms with E-state index in [1.807, 2.05) is 23.9 Å². The minimum atomic E-state index is 0.582. The molecule has 0 atom stereocenters. The minimum absolute atomic E-state index is 0.582. The summed E-state index contributed by atoms with van der Waals surface area (Å²) in [7, 11) is 1.78. The maximum absolute atomic E-state index is 5.55. The average Bonchev–Trinajstić information content (AvgIpc) is 2.50. The number of hydrogen-bond acceptors (Lipinski definition) is 4. The zero-order chi connectivity index (χ0) is 14.5. The third kappa shape index (κ3) is 7.89. The molecule has 0 aliphatic carbocycles. The Bertz CT molecular complexity index is 373. The smallest absolute Gasteiger partial charge is 0.191 e. The van der Waals surface area contributed by atoms with Crippen LogP contribution in [0.2, 0.25) is 0 Å². The average molecular weight is 296 g/mol. The van der Waals surface area contributed by atoms with Crippen molar-refractivity contribution in [3.8, 4) is 5.75 Å². The number of pyridine rings is 1. The molecule has 0 aliphatic heterocycles. The normalized spacial score (nSPS) is 11.2. The van der Waals surface area contributed by atoms with Gasteiger partial charge in [0, 0.05) is 19.8 Å². The summed E-state index contributed by atoms with van der Waals surface area (Å²) in [6, 6.07) is 3.75. The van der Waals surface area contributed by atoms with Crippen molar-refractivity contribution in [2.24, 2.45) is 4.99 Å². The van der Waals surface area contributed by atoms with Gasteiger partial charge in [-0.1, -0.05) is 0 Å². The van der Waals surface area contributed by atoms with E-state index in [2.05, 4.69) is 26.9 Å². The van der Waals surface area contributed by atoms with Crippen LogP contribution in [0.15, 0.2) is 29.5 Å². The van der Waals surface area contributed by atoms with E-state index in [9.17, 15) is 0 Å². The van der Waals surface area contributed by atoms with Crippen molar-refractivity contribution in [2.45, 2.75) is 12.8 Å². The highest BCUT2D eigenvalue weighted by Gasteiger charge is 1.97. The molecular weight excluding hydrogens is 272 g/mol. The van der Waals surface area contributed by atoms with Gasteiger partial charge in [0.25, 0.3) is 0 Å². The van der Waals surface area contributed by atoms with Crippen molar-refractivity contribution in [3.63, 3.8) is 0 Å². The first-order valence-electron chi connectivity index (χ1n) is 6.83. The fourth-order valence-corrected chi connectivity index (χ4v) is 2.06. The number of unbranched alkanes of at least 4 members (excludes halogenated alkanes) is 1. The van der Waals surface area contributed by atoms with Crippen LogP contribution in [0.5, 0.6) is 5.75 Å². The molecule has 0 saturated carbocycles. The number of aromatic nitrogens is 1. The van der Waals surface area contributed by atoms with E-state index >= 15 is 0 Å². The summed E-state index contributed by atoms with van der Waals surface area (Å²) in [5.41, 5.74) is 0. The van der Waals surface area contributed by atoms with Crippen molar-refractivity contribution in [3.05, 3.63) is 24.5 Å². The van der Waals surface area contributed by atoms with E-state index in [0.29, 0.717) is 13.2 Å². The highest BCUT2D eigenvalue weighted by molar-refractivity contribution is 7.98. The third-order valence-corrected chi connectivity index (χ3v) is 3.29. The van der Waals surface area contributed by atoms with Gasteiger partial charge in [0.2, 0.25) is 0 Å². The number of hydrogen-bond donors (Lipinski definition) is 2. The first-order valence-corrected chi connectivity index (χ1v) is 8.22. The number of aliphatic imine (C=N–C) groups is 1. The van der Waals surface area contributed by atoms with Crippen LogP contribution in [-0.4, -0.2) is 49.7 Å². The number of guanidine groups is 1. The summed E-state index contributed by atoms with van der Waals surface area (Å²) in [5.74, 6) is 2.82. The molecule has 0 spiro atoms. The van der Waals surface area contributed by atoms with Crippen LogP contribution in [0.4, 0.5) is 0 Å². The monoisotopic (exact) mass is 296 g/mol. The molecule has 0 aliphatic rings. The SMILES string of the molecule is CN=C(NCCCCSC)NCCOc1cccnc1. The second-order valence-corrected chi connectivity index (χ2v) is 5.15. The second-order valence-electron chi connectivity index (χ2n) is 4.16. The van der Waals surface area contributed by atoms with Gasteiger partial charge < -0.3 is 15.4 Å². The summed E-state index contributed by atoms with van der Waals surface area (Å²) in [4.78, 5) is 8.17. The van der Waals surface area contributed by atoms with Gasteiger partial charge in [-0.05, 0) is 37.0 Å². The lowest BCUT2D eigenvalue weighted by molar-refractivity contribution is 0.320. The van der Waals surface area contributed by atoms with Gasteiger partial charge in [0.15, 0.2) is 5.96 Å². The van der Waals surface area contributed by atoms with E-state index in [1.54, 1.807) is 19.4 Å². The first kappa shape index (κ1) is 16.6. The van der Waals surface area contributed by atoms with E-state index in [1.165, 1.54) is 12.2 Å². The number of rotatable bonds is 9. The van der Waals surface area contributed by atoms with Crippen LogP contribution in [0.1, 0.15) is 12.8 Å². The molecule has 20 heavy (non-hydrogen) atoms. The van der Waals surface area contributed by atoms with Crippen molar-refractivity contribution in [1.82, 2.24) is 15.6 Å². The summed E-state index contributed by atoms with van der Waals surface area (Å²) in [6.07, 6.45) is 7.96. The fourth-order valence-electron chi connectivity index (χ4n) is 1.57. The van der Waals surface area contributed by atoms with Crippen LogP contribution < -0.4 is 15.4 Å². The first-order chi connectivity index (χ1) is 9.86. The molecule has 0 bridgehead atoms. The third-order valence-electron chi connectivity index (χ3n) is 2.59. The number of nitrogens with one attached hydrogen (secondary N) is 2. The lowest BCUT2D eigenvalue weighted by Crippen LogP contribution is -2.39. The van der Waals surface area contributed by atoms with E-state index in [-0.39, 0.29) is 0 Å². The molecule has 1 aromatic rings. The van der Waals surface area contributed by atoms with Gasteiger partial charge >= 0.3 is 0 Å². The number of ether oxygens (including phenoxy) is 1. The molecular formula is C14H24N4OS. The number of thioether (sulfide) groups is 1. The topological polar surface area (TPSA) is 58.5 Å². The lowest BCUT2D eigenvalue weighted by Gasteiger charge is -2.12. The maximum Gasteiger partial charge on any atom is 0.191 e. The van der Waals surface area contributed by atoms with Crippen LogP contribution in [0.3, 0.4) is 0 Å². The standard InChI is InChI=1S/C14H24N4OS/c1-15-14(17-8-3-4-11-20-2)18-9-10-19-13-6-5-7-16-12-13/h5-7,12H,3-4,8-11H2,1-2H3,(H2,15,17,18). The molecule has 0 radical (unpaired) electrons. The molecule has 0 saturated heterocycles. The Labute approximate surface area is 125 Å². The Morgan fingerprint density at radius 1 is 1.35 bits per heavy atom. The molecule has 1 heterocycles. The minimum Gasteiger partial charge on any atom is -0.490 e. The van der Waals surface area contributed by atoms with Crippen molar-refractivity contribution >= 4 is 17.7 Å². The molecule has 2 N–H and O–H groups in total. The van der Waals surface area contributed by atoms with E-state index in [4.69, 9.17) is 4.74 Å². The Kier molecular flexibility index (Phi) is 9.48. The van der Waals surface area contributed by atoms with Crippen LogP contribution in [-0.2, 0) is 0 Å². The molecule has 112 valence electrons. The Morgan fingerprint density at radius 3 is 2.90 bits per heavy atom. The molecule has 1 rings (SSSR count). The Morgan fingerprint density at radius 2 is 2.20 bits per heavy atom. The van der Waals surface area contributed by atoms with E-state index in [0.717, 1.165) is 24.7 Å². The quantitative estimate of drug-likeness (QED) is 0.413. The molecule has 0 unspecified atom stereocenters. The van der Waals surface area contributed by atoms with Gasteiger partial charge in [-0.3, -0.25) is 9.98 Å². The molecule has 0 aromatic carbocycles. The molecule has 1 aromatic heterocycles. The van der Waals surface area contributed by atoms with Crippen molar-refractivity contribution in [2.75, 3.05) is 38.8 Å². The van der Waals surface area contributed by atoms with Gasteiger partial charge in [-0.15, -0.1) is 0 Å². The predicted octanol–water partition coefficient (Wildman–Crippen LogP) is 1.77. The Hall–Kier alpha value is -1.43. The highest BCUT2D eigenvalue weighted by Crippen LogP contribution is 2.04. The fraction of sp³-hybridized carbons (Fsp3) is 0.571. The van der Waals surface area contributed by atoms with Crippen molar-refractivity contribution < 1.29 is 4.74 Å². The zero-order valence-corrected chi connectivity index (χ0v) is 13.1. The van der Waals surface area contributed by atoms with Crippen molar-refractivity contribution in [1.29, 1.82) is 0 Å². The summed E-state index contributed by atoms with van der Waals surface area (Å²) >= 11 is 1.89. The summed E-state index contributed by atoms with van der Waals surface area (Å²) in [5, 5.41) is 6.51.